The first-order valence-electron chi connectivity index (χ1n) is 4.47. The molecule has 0 saturated carbocycles. The lowest BCUT2D eigenvalue weighted by Gasteiger charge is -2.14. The van der Waals surface area contributed by atoms with E-state index in [1.165, 1.54) is 0 Å². The number of aliphatic hydroxyl groups excluding tert-OH is 1. The summed E-state index contributed by atoms with van der Waals surface area (Å²) in [7, 11) is 1.65. The van der Waals surface area contributed by atoms with E-state index in [2.05, 4.69) is 0 Å². The molecule has 0 heterocycles. The van der Waals surface area contributed by atoms with Gasteiger partial charge in [-0.1, -0.05) is 19.1 Å². The van der Waals surface area contributed by atoms with Gasteiger partial charge < -0.3 is 9.84 Å². The van der Waals surface area contributed by atoms with Crippen LogP contribution in [0.3, 0.4) is 0 Å². The molecule has 72 valence electrons. The van der Waals surface area contributed by atoms with Crippen LogP contribution in [0.2, 0.25) is 0 Å². The van der Waals surface area contributed by atoms with Gasteiger partial charge in [-0.2, -0.15) is 0 Å². The van der Waals surface area contributed by atoms with Gasteiger partial charge in [0.05, 0.1) is 13.2 Å². The zero-order valence-corrected chi connectivity index (χ0v) is 8.32. The van der Waals surface area contributed by atoms with E-state index in [0.717, 1.165) is 11.3 Å². The Kier molecular flexibility index (Phi) is 3.32. The molecule has 2 heteroatoms. The van der Waals surface area contributed by atoms with Crippen LogP contribution >= 0.6 is 0 Å². The van der Waals surface area contributed by atoms with Crippen LogP contribution in [0.15, 0.2) is 24.3 Å². The summed E-state index contributed by atoms with van der Waals surface area (Å²) in [4.78, 5) is 0. The molecular weight excluding hydrogens is 164 g/mol. The number of methoxy groups -OCH3 is 1. The molecule has 0 aliphatic carbocycles. The minimum atomic E-state index is -0.312. The van der Waals surface area contributed by atoms with Crippen molar-refractivity contribution in [2.24, 2.45) is 0 Å². The van der Waals surface area contributed by atoms with Gasteiger partial charge in [-0.25, -0.2) is 0 Å². The molecule has 1 rings (SSSR count). The molecule has 0 aromatic heterocycles. The Bertz CT molecular complexity index is 251. The lowest BCUT2D eigenvalue weighted by Crippen LogP contribution is -2.10. The number of rotatable bonds is 3. The van der Waals surface area contributed by atoms with Crippen LogP contribution in [0.5, 0.6) is 5.75 Å². The molecule has 0 bridgehead atoms. The molecular formula is C11H16O2. The second-order valence-corrected chi connectivity index (χ2v) is 3.30. The van der Waals surface area contributed by atoms with Crippen molar-refractivity contribution in [3.63, 3.8) is 0 Å². The van der Waals surface area contributed by atoms with Gasteiger partial charge in [0.25, 0.3) is 0 Å². The predicted octanol–water partition coefficient (Wildman–Crippen LogP) is 2.18. The molecule has 0 saturated heterocycles. The summed E-state index contributed by atoms with van der Waals surface area (Å²) < 4.78 is 5.05. The van der Waals surface area contributed by atoms with Gasteiger partial charge in [-0.3, -0.25) is 0 Å². The number of hydrogen-bond acceptors (Lipinski definition) is 2. The third-order valence-corrected chi connectivity index (χ3v) is 2.37. The average molecular weight is 180 g/mol. The van der Waals surface area contributed by atoms with Crippen LogP contribution in [-0.4, -0.2) is 18.3 Å². The summed E-state index contributed by atoms with van der Waals surface area (Å²) in [5, 5.41) is 9.37. The fourth-order valence-corrected chi connectivity index (χ4v) is 1.19. The summed E-state index contributed by atoms with van der Waals surface area (Å²) >= 11 is 0. The fraction of sp³-hybridized carbons (Fsp3) is 0.455. The molecule has 2 atom stereocenters. The van der Waals surface area contributed by atoms with Crippen molar-refractivity contribution in [2.45, 2.75) is 25.9 Å². The van der Waals surface area contributed by atoms with Crippen molar-refractivity contribution in [1.29, 1.82) is 0 Å². The Balaban J connectivity index is 2.79. The van der Waals surface area contributed by atoms with E-state index in [0.29, 0.717) is 0 Å². The Morgan fingerprint density at radius 2 is 1.69 bits per heavy atom. The second kappa shape index (κ2) is 4.28. The maximum atomic E-state index is 9.37. The van der Waals surface area contributed by atoms with Crippen molar-refractivity contribution < 1.29 is 9.84 Å². The predicted molar refractivity (Wildman–Crippen MR) is 53.1 cm³/mol. The maximum absolute atomic E-state index is 9.37. The minimum Gasteiger partial charge on any atom is -0.497 e. The minimum absolute atomic E-state index is 0.172. The van der Waals surface area contributed by atoms with Gasteiger partial charge in [0.1, 0.15) is 5.75 Å². The highest BCUT2D eigenvalue weighted by atomic mass is 16.5. The molecule has 2 nitrogen and oxygen atoms in total. The molecule has 1 aromatic carbocycles. The van der Waals surface area contributed by atoms with E-state index >= 15 is 0 Å². The van der Waals surface area contributed by atoms with Crippen LogP contribution in [-0.2, 0) is 0 Å². The molecule has 0 aliphatic rings. The van der Waals surface area contributed by atoms with Crippen LogP contribution < -0.4 is 4.74 Å². The van der Waals surface area contributed by atoms with Crippen LogP contribution in [0.1, 0.15) is 25.3 Å². The van der Waals surface area contributed by atoms with Crippen molar-refractivity contribution >= 4 is 0 Å². The van der Waals surface area contributed by atoms with E-state index in [9.17, 15) is 5.11 Å². The standard InChI is InChI=1S/C11H16O2/c1-8(9(2)12)10-4-6-11(13-3)7-5-10/h4-9,12H,1-3H3/t8-,9-/m0/s1. The first-order valence-corrected chi connectivity index (χ1v) is 4.47. The summed E-state index contributed by atoms with van der Waals surface area (Å²) in [6.07, 6.45) is -0.312. The van der Waals surface area contributed by atoms with Crippen LogP contribution in [0.4, 0.5) is 0 Å². The molecule has 0 unspecified atom stereocenters. The molecule has 13 heavy (non-hydrogen) atoms. The van der Waals surface area contributed by atoms with Crippen molar-refractivity contribution in [1.82, 2.24) is 0 Å². The first-order chi connectivity index (χ1) is 6.15. The summed E-state index contributed by atoms with van der Waals surface area (Å²) in [5.41, 5.74) is 1.14. The molecule has 0 radical (unpaired) electrons. The quantitative estimate of drug-likeness (QED) is 0.772. The molecule has 0 amide bonds. The topological polar surface area (TPSA) is 29.5 Å². The molecule has 1 N–H and O–H groups in total. The van der Waals surface area contributed by atoms with Crippen molar-refractivity contribution in [2.75, 3.05) is 7.11 Å². The summed E-state index contributed by atoms with van der Waals surface area (Å²) in [5.74, 6) is 1.02. The zero-order valence-electron chi connectivity index (χ0n) is 8.32. The van der Waals surface area contributed by atoms with E-state index < -0.39 is 0 Å². The largest absolute Gasteiger partial charge is 0.497 e. The third kappa shape index (κ3) is 2.46. The van der Waals surface area contributed by atoms with Gasteiger partial charge >= 0.3 is 0 Å². The van der Waals surface area contributed by atoms with Crippen LogP contribution in [0, 0.1) is 0 Å². The Morgan fingerprint density at radius 3 is 2.08 bits per heavy atom. The van der Waals surface area contributed by atoms with Gasteiger partial charge in [0.15, 0.2) is 0 Å². The Morgan fingerprint density at radius 1 is 1.15 bits per heavy atom. The lowest BCUT2D eigenvalue weighted by molar-refractivity contribution is 0.169. The SMILES string of the molecule is COc1ccc([C@@H](C)[C@H](C)O)cc1. The van der Waals surface area contributed by atoms with E-state index in [-0.39, 0.29) is 12.0 Å². The van der Waals surface area contributed by atoms with E-state index in [1.807, 2.05) is 31.2 Å². The van der Waals surface area contributed by atoms with Gasteiger partial charge in [0, 0.05) is 5.92 Å². The summed E-state index contributed by atoms with van der Waals surface area (Å²) in [6.45, 7) is 3.81. The van der Waals surface area contributed by atoms with Gasteiger partial charge in [0.2, 0.25) is 0 Å². The van der Waals surface area contributed by atoms with Crippen molar-refractivity contribution in [3.8, 4) is 5.75 Å². The first kappa shape index (κ1) is 10.1. The number of ether oxygens (including phenoxy) is 1. The highest BCUT2D eigenvalue weighted by molar-refractivity contribution is 5.29. The van der Waals surface area contributed by atoms with E-state index in [1.54, 1.807) is 14.0 Å². The highest BCUT2D eigenvalue weighted by Crippen LogP contribution is 2.21. The fourth-order valence-electron chi connectivity index (χ4n) is 1.19. The maximum Gasteiger partial charge on any atom is 0.118 e. The molecule has 0 aliphatic heterocycles. The smallest absolute Gasteiger partial charge is 0.118 e. The highest BCUT2D eigenvalue weighted by Gasteiger charge is 2.10. The Labute approximate surface area is 79.2 Å². The number of hydrogen-bond donors (Lipinski definition) is 1. The normalized spacial score (nSPS) is 15.1. The Hall–Kier alpha value is -1.02. The third-order valence-electron chi connectivity index (χ3n) is 2.37. The summed E-state index contributed by atoms with van der Waals surface area (Å²) in [6, 6.07) is 7.79. The van der Waals surface area contributed by atoms with Gasteiger partial charge in [-0.15, -0.1) is 0 Å². The number of aliphatic hydroxyl groups is 1. The lowest BCUT2D eigenvalue weighted by atomic mass is 9.96. The monoisotopic (exact) mass is 180 g/mol. The zero-order chi connectivity index (χ0) is 9.84. The van der Waals surface area contributed by atoms with Crippen LogP contribution in [0.25, 0.3) is 0 Å². The molecule has 0 spiro atoms. The van der Waals surface area contributed by atoms with Crippen molar-refractivity contribution in [3.05, 3.63) is 29.8 Å². The molecule has 1 aromatic rings. The average Bonchev–Trinajstić information content (AvgIpc) is 2.17. The van der Waals surface area contributed by atoms with Gasteiger partial charge in [-0.05, 0) is 24.6 Å². The second-order valence-electron chi connectivity index (χ2n) is 3.30. The number of benzene rings is 1. The molecule has 0 fully saturated rings. The van der Waals surface area contributed by atoms with E-state index in [4.69, 9.17) is 4.74 Å².